The summed E-state index contributed by atoms with van der Waals surface area (Å²) >= 11 is 8.93. The highest BCUT2D eigenvalue weighted by atomic mass is 35.5. The van der Waals surface area contributed by atoms with Crippen molar-refractivity contribution < 1.29 is 0 Å². The van der Waals surface area contributed by atoms with Gasteiger partial charge in [-0.1, -0.05) is 11.6 Å². The Morgan fingerprint density at radius 3 is 3.00 bits per heavy atom. The molecule has 0 atom stereocenters. The van der Waals surface area contributed by atoms with Gasteiger partial charge in [-0.2, -0.15) is 5.26 Å². The largest absolute Gasteiger partial charge is 0.192 e. The van der Waals surface area contributed by atoms with Gasteiger partial charge in [-0.3, -0.25) is 0 Å². The van der Waals surface area contributed by atoms with Gasteiger partial charge in [-0.25, -0.2) is 0 Å². The minimum absolute atomic E-state index is 0.730. The van der Waals surface area contributed by atoms with E-state index >= 15 is 0 Å². The van der Waals surface area contributed by atoms with E-state index in [0.717, 1.165) is 19.3 Å². The van der Waals surface area contributed by atoms with Crippen LogP contribution in [0.1, 0.15) is 4.88 Å². The second kappa shape index (κ2) is 2.49. The summed E-state index contributed by atoms with van der Waals surface area (Å²) in [6, 6.07) is 3.93. The molecular formula is C7H2ClNS2. The number of halogens is 1. The molecule has 2 heterocycles. The summed E-state index contributed by atoms with van der Waals surface area (Å²) in [6.45, 7) is 0. The molecule has 0 bridgehead atoms. The standard InChI is InChI=1S/C7H2ClNS2/c8-6-3-10-7-5(6)1-4(2-9)11-7/h1,3H. The van der Waals surface area contributed by atoms with Crippen LogP contribution in [0.5, 0.6) is 0 Å². The van der Waals surface area contributed by atoms with Gasteiger partial charge >= 0.3 is 0 Å². The Morgan fingerprint density at radius 1 is 1.55 bits per heavy atom. The summed E-state index contributed by atoms with van der Waals surface area (Å²) in [6.07, 6.45) is 0. The third kappa shape index (κ3) is 1.04. The van der Waals surface area contributed by atoms with Crippen LogP contribution in [0.4, 0.5) is 0 Å². The minimum Gasteiger partial charge on any atom is -0.192 e. The van der Waals surface area contributed by atoms with E-state index in [1.807, 2.05) is 11.4 Å². The lowest BCUT2D eigenvalue weighted by Gasteiger charge is -1.74. The number of nitrogens with zero attached hydrogens (tertiary/aromatic N) is 1. The maximum absolute atomic E-state index is 8.57. The van der Waals surface area contributed by atoms with Crippen molar-refractivity contribution in [2.45, 2.75) is 0 Å². The average Bonchev–Trinajstić information content (AvgIpc) is 2.53. The fourth-order valence-electron chi connectivity index (χ4n) is 0.852. The molecule has 0 aliphatic carbocycles. The normalized spacial score (nSPS) is 10.2. The van der Waals surface area contributed by atoms with Crippen molar-refractivity contribution in [3.63, 3.8) is 0 Å². The van der Waals surface area contributed by atoms with Crippen molar-refractivity contribution in [1.29, 1.82) is 5.26 Å². The molecule has 2 aromatic heterocycles. The molecule has 0 fully saturated rings. The average molecular weight is 200 g/mol. The molecule has 2 rings (SSSR count). The van der Waals surface area contributed by atoms with Crippen LogP contribution in [0.3, 0.4) is 0 Å². The Morgan fingerprint density at radius 2 is 2.36 bits per heavy atom. The molecule has 0 amide bonds. The van der Waals surface area contributed by atoms with Gasteiger partial charge in [0.2, 0.25) is 0 Å². The SMILES string of the molecule is N#Cc1cc2c(Cl)csc2s1. The monoisotopic (exact) mass is 199 g/mol. The van der Waals surface area contributed by atoms with Crippen LogP contribution in [-0.4, -0.2) is 0 Å². The molecule has 0 aliphatic heterocycles. The Bertz CT molecular complexity index is 435. The number of rotatable bonds is 0. The molecule has 0 spiro atoms. The van der Waals surface area contributed by atoms with Crippen molar-refractivity contribution in [3.05, 3.63) is 21.3 Å². The third-order valence-corrected chi connectivity index (χ3v) is 3.94. The van der Waals surface area contributed by atoms with E-state index < -0.39 is 0 Å². The smallest absolute Gasteiger partial charge is 0.110 e. The number of thiophene rings is 2. The molecule has 1 nitrogen and oxygen atoms in total. The molecule has 0 saturated carbocycles. The second-order valence-corrected chi connectivity index (χ2v) is 4.60. The minimum atomic E-state index is 0.730. The fraction of sp³-hybridized carbons (Fsp3) is 0. The molecule has 0 N–H and O–H groups in total. The molecule has 54 valence electrons. The number of hydrogen-bond acceptors (Lipinski definition) is 3. The van der Waals surface area contributed by atoms with Crippen LogP contribution >= 0.6 is 34.3 Å². The highest BCUT2D eigenvalue weighted by molar-refractivity contribution is 7.38. The molecular weight excluding hydrogens is 198 g/mol. The summed E-state index contributed by atoms with van der Waals surface area (Å²) < 4.78 is 1.13. The van der Waals surface area contributed by atoms with Gasteiger partial charge in [0, 0.05) is 10.8 Å². The van der Waals surface area contributed by atoms with E-state index in [1.54, 1.807) is 11.3 Å². The summed E-state index contributed by atoms with van der Waals surface area (Å²) in [5.74, 6) is 0. The van der Waals surface area contributed by atoms with E-state index in [-0.39, 0.29) is 0 Å². The van der Waals surface area contributed by atoms with Crippen LogP contribution in [0.15, 0.2) is 11.4 Å². The van der Waals surface area contributed by atoms with Gasteiger partial charge in [-0.05, 0) is 6.07 Å². The van der Waals surface area contributed by atoms with Crippen LogP contribution in [-0.2, 0) is 0 Å². The lowest BCUT2D eigenvalue weighted by Crippen LogP contribution is -1.54. The lowest BCUT2D eigenvalue weighted by molar-refractivity contribution is 1.52. The maximum Gasteiger partial charge on any atom is 0.110 e. The number of nitriles is 1. The predicted molar refractivity (Wildman–Crippen MR) is 49.4 cm³/mol. The third-order valence-electron chi connectivity index (χ3n) is 1.33. The van der Waals surface area contributed by atoms with E-state index in [0.29, 0.717) is 0 Å². The molecule has 0 radical (unpaired) electrons. The fourth-order valence-corrected chi connectivity index (χ4v) is 3.19. The van der Waals surface area contributed by atoms with E-state index in [2.05, 4.69) is 6.07 Å². The van der Waals surface area contributed by atoms with Crippen LogP contribution in [0.2, 0.25) is 5.02 Å². The van der Waals surface area contributed by atoms with Crippen LogP contribution < -0.4 is 0 Å². The second-order valence-electron chi connectivity index (χ2n) is 2.01. The first kappa shape index (κ1) is 7.11. The first-order valence-electron chi connectivity index (χ1n) is 2.88. The molecule has 0 unspecified atom stereocenters. The van der Waals surface area contributed by atoms with Crippen molar-refractivity contribution in [1.82, 2.24) is 0 Å². The summed E-state index contributed by atoms with van der Waals surface area (Å²) in [4.78, 5) is 0.730. The van der Waals surface area contributed by atoms with Crippen LogP contribution in [0.25, 0.3) is 9.40 Å². The van der Waals surface area contributed by atoms with Crippen molar-refractivity contribution in [2.75, 3.05) is 0 Å². The first-order valence-corrected chi connectivity index (χ1v) is 4.95. The van der Waals surface area contributed by atoms with Gasteiger partial charge in [0.1, 0.15) is 10.9 Å². The quantitative estimate of drug-likeness (QED) is 0.637. The van der Waals surface area contributed by atoms with Gasteiger partial charge in [0.05, 0.1) is 9.04 Å². The predicted octanol–water partition coefficient (Wildman–Crippen LogP) is 3.49. The summed E-state index contributed by atoms with van der Waals surface area (Å²) in [5.41, 5.74) is 0. The topological polar surface area (TPSA) is 23.8 Å². The van der Waals surface area contributed by atoms with Gasteiger partial charge in [0.25, 0.3) is 0 Å². The zero-order valence-corrected chi connectivity index (χ0v) is 7.69. The van der Waals surface area contributed by atoms with Crippen molar-refractivity contribution >= 4 is 43.7 Å². The van der Waals surface area contributed by atoms with E-state index in [9.17, 15) is 0 Å². The molecule has 0 aromatic carbocycles. The molecule has 2 aromatic rings. The first-order chi connectivity index (χ1) is 5.31. The Kier molecular flexibility index (Phi) is 1.61. The highest BCUT2D eigenvalue weighted by Crippen LogP contribution is 2.36. The Labute approximate surface area is 76.5 Å². The zero-order chi connectivity index (χ0) is 7.84. The van der Waals surface area contributed by atoms with Gasteiger partial charge in [-0.15, -0.1) is 22.7 Å². The lowest BCUT2D eigenvalue weighted by atomic mass is 10.4. The van der Waals surface area contributed by atoms with Crippen LogP contribution in [0, 0.1) is 11.3 Å². The van der Waals surface area contributed by atoms with E-state index in [4.69, 9.17) is 16.9 Å². The Balaban J connectivity index is 2.82. The Hall–Kier alpha value is -0.560. The molecule has 0 aliphatic rings. The van der Waals surface area contributed by atoms with E-state index in [1.165, 1.54) is 11.3 Å². The molecule has 11 heavy (non-hydrogen) atoms. The summed E-state index contributed by atoms with van der Waals surface area (Å²) in [5, 5.41) is 12.2. The maximum atomic E-state index is 8.57. The molecule has 0 saturated heterocycles. The number of fused-ring (bicyclic) bond motifs is 1. The zero-order valence-electron chi connectivity index (χ0n) is 5.30. The van der Waals surface area contributed by atoms with Gasteiger partial charge < -0.3 is 0 Å². The number of hydrogen-bond donors (Lipinski definition) is 0. The summed E-state index contributed by atoms with van der Waals surface area (Å²) in [7, 11) is 0. The van der Waals surface area contributed by atoms with Crippen molar-refractivity contribution in [2.24, 2.45) is 0 Å². The van der Waals surface area contributed by atoms with Crippen molar-refractivity contribution in [3.8, 4) is 6.07 Å². The molecule has 4 heteroatoms. The highest BCUT2D eigenvalue weighted by Gasteiger charge is 2.05. The van der Waals surface area contributed by atoms with Gasteiger partial charge in [0.15, 0.2) is 0 Å².